The minimum absolute atomic E-state index is 0.0192. The summed E-state index contributed by atoms with van der Waals surface area (Å²) in [5.74, 6) is 0.124. The summed E-state index contributed by atoms with van der Waals surface area (Å²) in [4.78, 5) is 6.14. The largest absolute Gasteiger partial charge is 0.386 e. The lowest BCUT2D eigenvalue weighted by Crippen LogP contribution is -2.67. The highest BCUT2D eigenvalue weighted by Gasteiger charge is 2.53. The first-order valence-corrected chi connectivity index (χ1v) is 12.2. The van der Waals surface area contributed by atoms with Gasteiger partial charge in [-0.3, -0.25) is 4.84 Å². The Bertz CT molecular complexity index is 658. The molecule has 11 heteroatoms. The van der Waals surface area contributed by atoms with Crippen molar-refractivity contribution >= 4 is 0 Å². The van der Waals surface area contributed by atoms with Crippen LogP contribution < -0.4 is 21.8 Å². The molecule has 3 aliphatic heterocycles. The Hall–Kier alpha value is -0.440. The van der Waals surface area contributed by atoms with Crippen LogP contribution in [0.4, 0.5) is 0 Å². The Morgan fingerprint density at radius 2 is 1.97 bits per heavy atom. The maximum absolute atomic E-state index is 10.8. The number of nitrogens with one attached hydrogen (secondary N) is 3. The molecular weight excluding hydrogens is 432 g/mol. The van der Waals surface area contributed by atoms with E-state index in [1.165, 1.54) is 0 Å². The van der Waals surface area contributed by atoms with E-state index in [9.17, 15) is 10.2 Å². The van der Waals surface area contributed by atoms with Gasteiger partial charge in [0.2, 0.25) is 0 Å². The van der Waals surface area contributed by atoms with E-state index < -0.39 is 42.5 Å². The van der Waals surface area contributed by atoms with Crippen molar-refractivity contribution in [1.29, 1.82) is 0 Å². The fourth-order valence-corrected chi connectivity index (χ4v) is 5.63. The summed E-state index contributed by atoms with van der Waals surface area (Å²) in [5.41, 5.74) is 8.43. The molecular formula is C22H42N4O7. The summed E-state index contributed by atoms with van der Waals surface area (Å²) in [6, 6.07) is -0.834. The van der Waals surface area contributed by atoms with E-state index in [0.29, 0.717) is 6.42 Å². The molecule has 3 heterocycles. The Balaban J connectivity index is 1.48. The number of ether oxygens (including phenoxy) is 4. The van der Waals surface area contributed by atoms with E-state index >= 15 is 0 Å². The zero-order chi connectivity index (χ0) is 23.9. The molecule has 0 aromatic rings. The molecule has 0 aromatic carbocycles. The molecule has 7 N–H and O–H groups in total. The number of likely N-dealkylation sites (N-methyl/N-ethyl adjacent to an activating group) is 2. The van der Waals surface area contributed by atoms with Gasteiger partial charge in [0.25, 0.3) is 0 Å². The molecule has 4 rings (SSSR count). The highest BCUT2D eigenvalue weighted by atomic mass is 16.8. The van der Waals surface area contributed by atoms with E-state index in [2.05, 4.69) is 30.0 Å². The van der Waals surface area contributed by atoms with Crippen LogP contribution >= 0.6 is 0 Å². The number of aliphatic hydroxyl groups excluding tert-OH is 1. The summed E-state index contributed by atoms with van der Waals surface area (Å²) in [6.45, 7) is 5.83. The van der Waals surface area contributed by atoms with Gasteiger partial charge in [-0.25, -0.2) is 0 Å². The van der Waals surface area contributed by atoms with E-state index in [-0.39, 0.29) is 42.9 Å². The molecule has 6 unspecified atom stereocenters. The predicted molar refractivity (Wildman–Crippen MR) is 119 cm³/mol. The first-order chi connectivity index (χ1) is 15.7. The maximum atomic E-state index is 10.8. The second kappa shape index (κ2) is 10.3. The lowest BCUT2D eigenvalue weighted by molar-refractivity contribution is -0.306. The quantitative estimate of drug-likeness (QED) is 0.278. The third kappa shape index (κ3) is 5.10. The van der Waals surface area contributed by atoms with Gasteiger partial charge >= 0.3 is 0 Å². The second-order valence-electron chi connectivity index (χ2n) is 10.4. The topological polar surface area (TPSA) is 149 Å². The van der Waals surface area contributed by atoms with Crippen LogP contribution in [0.3, 0.4) is 0 Å². The zero-order valence-electron chi connectivity index (χ0n) is 20.3. The first-order valence-electron chi connectivity index (χ1n) is 12.2. The van der Waals surface area contributed by atoms with Crippen LogP contribution in [-0.4, -0.2) is 104 Å². The molecule has 0 bridgehead atoms. The minimum Gasteiger partial charge on any atom is -0.386 e. The van der Waals surface area contributed by atoms with Gasteiger partial charge in [-0.05, 0) is 53.1 Å². The molecule has 0 spiro atoms. The van der Waals surface area contributed by atoms with Crippen molar-refractivity contribution in [2.45, 2.75) is 113 Å². The Morgan fingerprint density at radius 1 is 1.21 bits per heavy atom. The number of rotatable bonds is 5. The van der Waals surface area contributed by atoms with Crippen LogP contribution in [-0.2, 0) is 23.8 Å². The lowest BCUT2D eigenvalue weighted by Gasteiger charge is -2.48. The average molecular weight is 475 g/mol. The number of nitrogens with two attached hydrogens (primary N) is 1. The fraction of sp³-hybridized carbons (Fsp3) is 1.00. The summed E-state index contributed by atoms with van der Waals surface area (Å²) in [6.07, 6.45) is -1.40. The van der Waals surface area contributed by atoms with Crippen LogP contribution in [0.25, 0.3) is 0 Å². The van der Waals surface area contributed by atoms with E-state index in [0.717, 1.165) is 12.8 Å². The molecule has 1 saturated carbocycles. The smallest absolute Gasteiger partial charge is 0.185 e. The van der Waals surface area contributed by atoms with E-state index in [1.807, 2.05) is 7.05 Å². The van der Waals surface area contributed by atoms with E-state index in [1.54, 1.807) is 14.0 Å². The number of hydrogen-bond donors (Lipinski definition) is 6. The van der Waals surface area contributed by atoms with Gasteiger partial charge in [0.15, 0.2) is 12.6 Å². The Labute approximate surface area is 195 Å². The molecule has 0 amide bonds. The van der Waals surface area contributed by atoms with Crippen LogP contribution in [0.5, 0.6) is 0 Å². The number of hydroxylamine groups is 1. The van der Waals surface area contributed by atoms with Gasteiger partial charge in [-0.15, -0.1) is 0 Å². The predicted octanol–water partition coefficient (Wildman–Crippen LogP) is -1.43. The van der Waals surface area contributed by atoms with Gasteiger partial charge in [-0.2, -0.15) is 5.48 Å². The maximum Gasteiger partial charge on any atom is 0.185 e. The van der Waals surface area contributed by atoms with Crippen LogP contribution in [0, 0.1) is 5.92 Å². The normalized spacial score (nSPS) is 51.8. The minimum atomic E-state index is -1.22. The lowest BCUT2D eigenvalue weighted by atomic mass is 9.80. The Kier molecular flexibility index (Phi) is 7.99. The van der Waals surface area contributed by atoms with Crippen molar-refractivity contribution in [2.24, 2.45) is 11.7 Å². The van der Waals surface area contributed by atoms with Crippen molar-refractivity contribution < 1.29 is 34.0 Å². The molecule has 192 valence electrons. The Morgan fingerprint density at radius 3 is 2.67 bits per heavy atom. The van der Waals surface area contributed by atoms with Gasteiger partial charge in [0.1, 0.15) is 23.9 Å². The monoisotopic (exact) mass is 474 g/mol. The van der Waals surface area contributed by atoms with Crippen molar-refractivity contribution in [3.05, 3.63) is 0 Å². The molecule has 11 nitrogen and oxygen atoms in total. The van der Waals surface area contributed by atoms with Crippen molar-refractivity contribution in [3.8, 4) is 0 Å². The van der Waals surface area contributed by atoms with Gasteiger partial charge in [0, 0.05) is 12.1 Å². The molecule has 33 heavy (non-hydrogen) atoms. The van der Waals surface area contributed by atoms with Gasteiger partial charge < -0.3 is 45.5 Å². The van der Waals surface area contributed by atoms with Crippen molar-refractivity contribution in [3.63, 3.8) is 0 Å². The van der Waals surface area contributed by atoms with Gasteiger partial charge in [-0.1, -0.05) is 6.92 Å². The second-order valence-corrected chi connectivity index (χ2v) is 10.4. The molecule has 13 atom stereocenters. The van der Waals surface area contributed by atoms with Crippen LogP contribution in [0.2, 0.25) is 0 Å². The molecule has 4 fully saturated rings. The first kappa shape index (κ1) is 25.6. The number of hydrogen-bond acceptors (Lipinski definition) is 11. The standard InChI is InChI=1S/C22H42N4O7/c1-10-8-12(23)17(32-21-15(27)19(25-5)22(3,28)9-29-21)18-16(10)31-20-13(26-33-18)6-7-14(30-20)11(2)24-4/h10-21,24-28H,6-9,23H2,1-5H3/t10?,11?,12?,13-,14?,15-,16?,17+,18+,19-,20-,21?,22+/m1/s1. The zero-order valence-corrected chi connectivity index (χ0v) is 20.3. The molecule has 3 saturated heterocycles. The van der Waals surface area contributed by atoms with Gasteiger partial charge in [0.05, 0.1) is 30.9 Å². The molecule has 0 radical (unpaired) electrons. The molecule has 1 aliphatic carbocycles. The highest BCUT2D eigenvalue weighted by Crippen LogP contribution is 2.37. The summed E-state index contributed by atoms with van der Waals surface area (Å²) >= 11 is 0. The third-order valence-corrected chi connectivity index (χ3v) is 7.77. The van der Waals surface area contributed by atoms with Crippen molar-refractivity contribution in [2.75, 3.05) is 20.7 Å². The number of aliphatic hydroxyl groups is 2. The van der Waals surface area contributed by atoms with Crippen LogP contribution in [0.15, 0.2) is 0 Å². The average Bonchev–Trinajstić information content (AvgIpc) is 2.97. The van der Waals surface area contributed by atoms with Crippen molar-refractivity contribution in [1.82, 2.24) is 16.1 Å². The summed E-state index contributed by atoms with van der Waals surface area (Å²) in [5, 5.41) is 27.6. The molecule has 0 aromatic heterocycles. The summed E-state index contributed by atoms with van der Waals surface area (Å²) in [7, 11) is 3.61. The third-order valence-electron chi connectivity index (χ3n) is 7.77. The highest BCUT2D eigenvalue weighted by molar-refractivity contribution is 5.01. The summed E-state index contributed by atoms with van der Waals surface area (Å²) < 4.78 is 24.7. The fourth-order valence-electron chi connectivity index (χ4n) is 5.63. The molecule has 4 aliphatic rings. The van der Waals surface area contributed by atoms with E-state index in [4.69, 9.17) is 29.5 Å². The number of fused-ring (bicyclic) bond motifs is 2. The van der Waals surface area contributed by atoms with Crippen LogP contribution in [0.1, 0.15) is 40.0 Å². The SMILES string of the molecule is CNC(C)C1CC[C@H]2NO[C@H]3C(O[C@H]2O1)C(C)CC(N)[C@@H]3OC1OC[C@](C)(O)[C@H](NC)[C@H]1O.